The van der Waals surface area contributed by atoms with Gasteiger partial charge in [0, 0.05) is 36.2 Å². The Hall–Kier alpha value is -3.74. The van der Waals surface area contributed by atoms with Crippen LogP contribution in [0.1, 0.15) is 29.0 Å². The molecule has 0 radical (unpaired) electrons. The fourth-order valence-corrected chi connectivity index (χ4v) is 3.66. The van der Waals surface area contributed by atoms with Crippen molar-refractivity contribution in [2.24, 2.45) is 0 Å². The van der Waals surface area contributed by atoms with Gasteiger partial charge < -0.3 is 24.7 Å². The van der Waals surface area contributed by atoms with E-state index in [2.05, 4.69) is 28.5 Å². The largest absolute Gasteiger partial charge is 0.484 e. The van der Waals surface area contributed by atoms with Crippen molar-refractivity contribution in [3.05, 3.63) is 72.2 Å². The number of rotatable bonds is 7. The highest BCUT2D eigenvalue weighted by molar-refractivity contribution is 6.02. The lowest BCUT2D eigenvalue weighted by atomic mass is 10.1. The fourth-order valence-electron chi connectivity index (χ4n) is 3.66. The second-order valence-corrected chi connectivity index (χ2v) is 7.49. The van der Waals surface area contributed by atoms with Crippen molar-refractivity contribution in [3.63, 3.8) is 0 Å². The van der Waals surface area contributed by atoms with Gasteiger partial charge in [0.05, 0.1) is 6.26 Å². The normalized spacial score (nSPS) is 13.1. The standard InChI is InChI=1S/C24H25N3O4/c1-17-14-19(9-10-21(17)27-11-2-3-12-27)25-23(28)16-31-20-7-4-6-18(15-20)26-24(29)22-8-5-13-30-22/h4-10,13-15H,2-3,11-12,16H2,1H3,(H,25,28)(H,26,29). The summed E-state index contributed by atoms with van der Waals surface area (Å²) in [5.41, 5.74) is 3.65. The molecule has 7 nitrogen and oxygen atoms in total. The minimum absolute atomic E-state index is 0.136. The molecule has 31 heavy (non-hydrogen) atoms. The molecule has 3 aromatic rings. The fraction of sp³-hybridized carbons (Fsp3) is 0.250. The summed E-state index contributed by atoms with van der Waals surface area (Å²) in [6.45, 7) is 4.09. The lowest BCUT2D eigenvalue weighted by Gasteiger charge is -2.20. The van der Waals surface area contributed by atoms with Gasteiger partial charge in [0.1, 0.15) is 5.75 Å². The lowest BCUT2D eigenvalue weighted by Crippen LogP contribution is -2.21. The van der Waals surface area contributed by atoms with Crippen molar-refractivity contribution >= 4 is 28.9 Å². The third-order valence-corrected chi connectivity index (χ3v) is 5.13. The Labute approximate surface area is 181 Å². The summed E-state index contributed by atoms with van der Waals surface area (Å²) < 4.78 is 10.7. The van der Waals surface area contributed by atoms with E-state index in [1.807, 2.05) is 12.1 Å². The molecule has 1 aromatic heterocycles. The number of aryl methyl sites for hydroxylation is 1. The Morgan fingerprint density at radius 2 is 1.81 bits per heavy atom. The van der Waals surface area contributed by atoms with Crippen molar-refractivity contribution < 1.29 is 18.7 Å². The van der Waals surface area contributed by atoms with Crippen molar-refractivity contribution in [1.29, 1.82) is 0 Å². The van der Waals surface area contributed by atoms with Gasteiger partial charge >= 0.3 is 0 Å². The first-order chi connectivity index (χ1) is 15.1. The summed E-state index contributed by atoms with van der Waals surface area (Å²) in [4.78, 5) is 26.8. The number of hydrogen-bond acceptors (Lipinski definition) is 5. The van der Waals surface area contributed by atoms with Gasteiger partial charge in [-0.05, 0) is 67.8 Å². The zero-order valence-electron chi connectivity index (χ0n) is 17.4. The minimum Gasteiger partial charge on any atom is -0.484 e. The number of amides is 2. The Morgan fingerprint density at radius 3 is 2.55 bits per heavy atom. The highest BCUT2D eigenvalue weighted by Crippen LogP contribution is 2.26. The molecule has 2 heterocycles. The van der Waals surface area contributed by atoms with Gasteiger partial charge in [0.25, 0.3) is 11.8 Å². The number of carbonyl (C=O) groups is 2. The predicted octanol–water partition coefficient (Wildman–Crippen LogP) is 4.46. The number of nitrogens with zero attached hydrogens (tertiary/aromatic N) is 1. The number of hydrogen-bond donors (Lipinski definition) is 2. The summed E-state index contributed by atoms with van der Waals surface area (Å²) in [6, 6.07) is 16.0. The van der Waals surface area contributed by atoms with Crippen molar-refractivity contribution in [2.45, 2.75) is 19.8 Å². The molecule has 0 bridgehead atoms. The number of ether oxygens (including phenoxy) is 1. The topological polar surface area (TPSA) is 83.8 Å². The molecule has 2 amide bonds. The van der Waals surface area contributed by atoms with Crippen LogP contribution in [0.15, 0.2) is 65.3 Å². The third-order valence-electron chi connectivity index (χ3n) is 5.13. The molecule has 2 aromatic carbocycles. The van der Waals surface area contributed by atoms with E-state index in [0.29, 0.717) is 11.4 Å². The molecule has 0 atom stereocenters. The summed E-state index contributed by atoms with van der Waals surface area (Å²) in [6.07, 6.45) is 3.89. The lowest BCUT2D eigenvalue weighted by molar-refractivity contribution is -0.118. The molecule has 7 heteroatoms. The predicted molar refractivity (Wildman–Crippen MR) is 120 cm³/mol. The van der Waals surface area contributed by atoms with Gasteiger partial charge in [0.2, 0.25) is 0 Å². The number of furan rings is 1. The minimum atomic E-state index is -0.354. The van der Waals surface area contributed by atoms with Crippen molar-refractivity contribution in [2.75, 3.05) is 35.2 Å². The van der Waals surface area contributed by atoms with E-state index in [1.54, 1.807) is 36.4 Å². The van der Waals surface area contributed by atoms with Crippen LogP contribution in [0.4, 0.5) is 17.1 Å². The number of anilines is 3. The first-order valence-corrected chi connectivity index (χ1v) is 10.3. The zero-order valence-corrected chi connectivity index (χ0v) is 17.4. The van der Waals surface area contributed by atoms with E-state index in [-0.39, 0.29) is 24.2 Å². The summed E-state index contributed by atoms with van der Waals surface area (Å²) in [5, 5.41) is 5.60. The molecule has 0 unspecified atom stereocenters. The Morgan fingerprint density at radius 1 is 1.00 bits per heavy atom. The highest BCUT2D eigenvalue weighted by Gasteiger charge is 2.15. The molecule has 1 fully saturated rings. The Bertz CT molecular complexity index is 1060. The van der Waals surface area contributed by atoms with Crippen LogP contribution in [-0.2, 0) is 4.79 Å². The van der Waals surface area contributed by atoms with Crippen LogP contribution < -0.4 is 20.3 Å². The third kappa shape index (κ3) is 5.25. The van der Waals surface area contributed by atoms with E-state index >= 15 is 0 Å². The van der Waals surface area contributed by atoms with Crippen LogP contribution >= 0.6 is 0 Å². The maximum atomic E-state index is 12.3. The van der Waals surface area contributed by atoms with Gasteiger partial charge in [0.15, 0.2) is 12.4 Å². The van der Waals surface area contributed by atoms with Crippen molar-refractivity contribution in [3.8, 4) is 5.75 Å². The molecular weight excluding hydrogens is 394 g/mol. The Kier molecular flexibility index (Phi) is 6.21. The highest BCUT2D eigenvalue weighted by atomic mass is 16.5. The molecule has 0 saturated carbocycles. The average molecular weight is 419 g/mol. The molecule has 1 aliphatic rings. The quantitative estimate of drug-likeness (QED) is 0.591. The van der Waals surface area contributed by atoms with Crippen LogP contribution in [0.2, 0.25) is 0 Å². The van der Waals surface area contributed by atoms with Gasteiger partial charge in [-0.25, -0.2) is 0 Å². The van der Waals surface area contributed by atoms with Gasteiger partial charge in [-0.3, -0.25) is 9.59 Å². The molecule has 2 N–H and O–H groups in total. The molecule has 0 spiro atoms. The molecular formula is C24H25N3O4. The number of nitrogens with one attached hydrogen (secondary N) is 2. The smallest absolute Gasteiger partial charge is 0.291 e. The van der Waals surface area contributed by atoms with Crippen molar-refractivity contribution in [1.82, 2.24) is 0 Å². The van der Waals surface area contributed by atoms with E-state index in [1.165, 1.54) is 24.8 Å². The van der Waals surface area contributed by atoms with Gasteiger partial charge in [-0.2, -0.15) is 0 Å². The maximum Gasteiger partial charge on any atom is 0.291 e. The van der Waals surface area contributed by atoms with Crippen LogP contribution in [0.25, 0.3) is 0 Å². The second-order valence-electron chi connectivity index (χ2n) is 7.49. The monoisotopic (exact) mass is 419 g/mol. The van der Waals surface area contributed by atoms with Crippen LogP contribution in [0, 0.1) is 6.92 Å². The zero-order chi connectivity index (χ0) is 21.6. The molecule has 0 aliphatic carbocycles. The first kappa shape index (κ1) is 20.5. The van der Waals surface area contributed by atoms with Gasteiger partial charge in [-0.1, -0.05) is 6.07 Å². The molecule has 160 valence electrons. The number of benzene rings is 2. The van der Waals surface area contributed by atoms with E-state index in [0.717, 1.165) is 24.3 Å². The summed E-state index contributed by atoms with van der Waals surface area (Å²) in [7, 11) is 0. The molecule has 4 rings (SSSR count). The van der Waals surface area contributed by atoms with E-state index < -0.39 is 0 Å². The average Bonchev–Trinajstić information content (AvgIpc) is 3.47. The first-order valence-electron chi connectivity index (χ1n) is 10.3. The second kappa shape index (κ2) is 9.38. The van der Waals surface area contributed by atoms with Crippen LogP contribution in [-0.4, -0.2) is 31.5 Å². The summed E-state index contributed by atoms with van der Waals surface area (Å²) >= 11 is 0. The van der Waals surface area contributed by atoms with E-state index in [9.17, 15) is 9.59 Å². The van der Waals surface area contributed by atoms with Gasteiger partial charge in [-0.15, -0.1) is 0 Å². The molecule has 1 saturated heterocycles. The van der Waals surface area contributed by atoms with E-state index in [4.69, 9.17) is 9.15 Å². The van der Waals surface area contributed by atoms with Crippen LogP contribution in [0.5, 0.6) is 5.75 Å². The maximum absolute atomic E-state index is 12.3. The molecule has 1 aliphatic heterocycles. The summed E-state index contributed by atoms with van der Waals surface area (Å²) in [5.74, 6) is 0.0932. The SMILES string of the molecule is Cc1cc(NC(=O)COc2cccc(NC(=O)c3ccco3)c2)ccc1N1CCCC1. The Balaban J connectivity index is 1.30. The number of carbonyl (C=O) groups excluding carboxylic acids is 2. The van der Waals surface area contributed by atoms with Crippen LogP contribution in [0.3, 0.4) is 0 Å².